The highest BCUT2D eigenvalue weighted by Gasteiger charge is 2.22. The average molecular weight is 234 g/mol. The Hall–Kier alpha value is -1.16. The van der Waals surface area contributed by atoms with Gasteiger partial charge in [-0.25, -0.2) is 9.97 Å². The van der Waals surface area contributed by atoms with E-state index in [0.717, 1.165) is 43.6 Å². The van der Waals surface area contributed by atoms with Gasteiger partial charge in [0, 0.05) is 37.6 Å². The predicted octanol–water partition coefficient (Wildman–Crippen LogP) is 1.82. The molecule has 1 aliphatic rings. The fourth-order valence-electron chi connectivity index (χ4n) is 2.22. The fourth-order valence-corrected chi connectivity index (χ4v) is 2.22. The Morgan fingerprint density at radius 1 is 1.35 bits per heavy atom. The number of aromatic nitrogens is 2. The van der Waals surface area contributed by atoms with Crippen LogP contribution in [0.1, 0.15) is 32.3 Å². The van der Waals surface area contributed by atoms with Crippen molar-refractivity contribution < 1.29 is 0 Å². The Bertz CT molecular complexity index is 336. The molecule has 1 aromatic rings. The van der Waals surface area contributed by atoms with E-state index in [1.165, 1.54) is 12.8 Å². The van der Waals surface area contributed by atoms with Gasteiger partial charge in [-0.3, -0.25) is 0 Å². The topological polar surface area (TPSA) is 41.1 Å². The molecule has 2 heterocycles. The lowest BCUT2D eigenvalue weighted by atomic mass is 10.1. The molecule has 0 aliphatic carbocycles. The third-order valence-electron chi connectivity index (χ3n) is 3.42. The average Bonchev–Trinajstić information content (AvgIpc) is 2.86. The monoisotopic (exact) mass is 234 g/mol. The minimum atomic E-state index is 0.819. The molecule has 4 nitrogen and oxygen atoms in total. The van der Waals surface area contributed by atoms with Crippen molar-refractivity contribution in [3.05, 3.63) is 18.0 Å². The first kappa shape index (κ1) is 12.3. The third kappa shape index (κ3) is 3.16. The summed E-state index contributed by atoms with van der Waals surface area (Å²) in [7, 11) is 0. The summed E-state index contributed by atoms with van der Waals surface area (Å²) in [6.07, 6.45) is 6.41. The first-order valence-corrected chi connectivity index (χ1v) is 6.60. The van der Waals surface area contributed by atoms with Crippen LogP contribution in [0.4, 0.5) is 5.95 Å². The normalized spacial score (nSPS) is 19.9. The zero-order valence-corrected chi connectivity index (χ0v) is 10.8. The molecule has 1 aliphatic heterocycles. The Labute approximate surface area is 103 Å². The van der Waals surface area contributed by atoms with Gasteiger partial charge in [-0.15, -0.1) is 0 Å². The summed E-state index contributed by atoms with van der Waals surface area (Å²) in [5, 5.41) is 3.28. The molecule has 0 saturated carbocycles. The molecule has 1 unspecified atom stereocenters. The van der Waals surface area contributed by atoms with Crippen LogP contribution in [0.2, 0.25) is 0 Å². The van der Waals surface area contributed by atoms with Crippen molar-refractivity contribution in [3.63, 3.8) is 0 Å². The van der Waals surface area contributed by atoms with E-state index in [1.54, 1.807) is 0 Å². The molecular weight excluding hydrogens is 212 g/mol. The Kier molecular flexibility index (Phi) is 4.31. The van der Waals surface area contributed by atoms with Crippen LogP contribution in [-0.4, -0.2) is 29.6 Å². The predicted molar refractivity (Wildman–Crippen MR) is 70.0 cm³/mol. The highest BCUT2D eigenvalue weighted by molar-refractivity contribution is 5.31. The van der Waals surface area contributed by atoms with Gasteiger partial charge in [0.1, 0.15) is 0 Å². The van der Waals surface area contributed by atoms with Crippen molar-refractivity contribution in [3.8, 4) is 0 Å². The van der Waals surface area contributed by atoms with Crippen LogP contribution in [-0.2, 0) is 6.54 Å². The van der Waals surface area contributed by atoms with Crippen molar-refractivity contribution in [2.45, 2.75) is 33.2 Å². The molecule has 1 saturated heterocycles. The number of hydrogen-bond acceptors (Lipinski definition) is 4. The van der Waals surface area contributed by atoms with E-state index in [-0.39, 0.29) is 0 Å². The second kappa shape index (κ2) is 5.96. The summed E-state index contributed by atoms with van der Waals surface area (Å²) in [6.45, 7) is 8.41. The maximum absolute atomic E-state index is 4.46. The summed E-state index contributed by atoms with van der Waals surface area (Å²) < 4.78 is 0. The van der Waals surface area contributed by atoms with Crippen molar-refractivity contribution in [2.24, 2.45) is 5.92 Å². The van der Waals surface area contributed by atoms with Gasteiger partial charge in [0.05, 0.1) is 0 Å². The summed E-state index contributed by atoms with van der Waals surface area (Å²) in [6, 6.07) is 0. The van der Waals surface area contributed by atoms with E-state index < -0.39 is 0 Å². The van der Waals surface area contributed by atoms with Crippen LogP contribution in [0.5, 0.6) is 0 Å². The Balaban J connectivity index is 1.94. The molecule has 0 amide bonds. The van der Waals surface area contributed by atoms with Crippen molar-refractivity contribution in [1.29, 1.82) is 0 Å². The molecule has 17 heavy (non-hydrogen) atoms. The maximum atomic E-state index is 4.46. The first-order chi connectivity index (χ1) is 8.33. The van der Waals surface area contributed by atoms with Gasteiger partial charge >= 0.3 is 0 Å². The van der Waals surface area contributed by atoms with Crippen molar-refractivity contribution in [1.82, 2.24) is 15.3 Å². The van der Waals surface area contributed by atoms with E-state index in [1.807, 2.05) is 12.4 Å². The van der Waals surface area contributed by atoms with Crippen LogP contribution in [0.15, 0.2) is 12.4 Å². The van der Waals surface area contributed by atoms with Crippen LogP contribution >= 0.6 is 0 Å². The van der Waals surface area contributed by atoms with Crippen molar-refractivity contribution >= 4 is 5.95 Å². The number of hydrogen-bond donors (Lipinski definition) is 1. The standard InChI is InChI=1S/C13H22N4/c1-3-11-5-6-17(10-11)13-15-8-12(9-16-13)7-14-4-2/h8-9,11,14H,3-7,10H2,1-2H3. The third-order valence-corrected chi connectivity index (χ3v) is 3.42. The van der Waals surface area contributed by atoms with Gasteiger partial charge in [-0.05, 0) is 18.9 Å². The second-order valence-electron chi connectivity index (χ2n) is 4.68. The summed E-state index contributed by atoms with van der Waals surface area (Å²) in [5.41, 5.74) is 1.15. The minimum absolute atomic E-state index is 0.819. The molecule has 1 atom stereocenters. The van der Waals surface area contributed by atoms with E-state index in [9.17, 15) is 0 Å². The number of anilines is 1. The fraction of sp³-hybridized carbons (Fsp3) is 0.692. The maximum Gasteiger partial charge on any atom is 0.225 e. The van der Waals surface area contributed by atoms with Crippen LogP contribution in [0.25, 0.3) is 0 Å². The minimum Gasteiger partial charge on any atom is -0.341 e. The smallest absolute Gasteiger partial charge is 0.225 e. The van der Waals surface area contributed by atoms with Gasteiger partial charge in [-0.2, -0.15) is 0 Å². The van der Waals surface area contributed by atoms with E-state index in [2.05, 4.69) is 34.0 Å². The van der Waals surface area contributed by atoms with E-state index in [0.29, 0.717) is 0 Å². The van der Waals surface area contributed by atoms with Crippen LogP contribution in [0, 0.1) is 5.92 Å². The SMILES string of the molecule is CCNCc1cnc(N2CCC(CC)C2)nc1. The largest absolute Gasteiger partial charge is 0.341 e. The molecule has 0 spiro atoms. The Morgan fingerprint density at radius 2 is 2.12 bits per heavy atom. The quantitative estimate of drug-likeness (QED) is 0.844. The molecule has 4 heteroatoms. The summed E-state index contributed by atoms with van der Waals surface area (Å²) >= 11 is 0. The zero-order valence-electron chi connectivity index (χ0n) is 10.8. The molecule has 1 aromatic heterocycles. The zero-order chi connectivity index (χ0) is 12.1. The Morgan fingerprint density at radius 3 is 2.71 bits per heavy atom. The van der Waals surface area contributed by atoms with Gasteiger partial charge < -0.3 is 10.2 Å². The van der Waals surface area contributed by atoms with E-state index >= 15 is 0 Å². The summed E-state index contributed by atoms with van der Waals surface area (Å²) in [5.74, 6) is 1.71. The molecule has 94 valence electrons. The molecule has 1 N–H and O–H groups in total. The highest BCUT2D eigenvalue weighted by atomic mass is 15.3. The number of nitrogens with one attached hydrogen (secondary N) is 1. The molecule has 0 aromatic carbocycles. The van der Waals surface area contributed by atoms with Crippen LogP contribution in [0.3, 0.4) is 0 Å². The molecular formula is C13H22N4. The van der Waals surface area contributed by atoms with Gasteiger partial charge in [0.25, 0.3) is 0 Å². The number of nitrogens with zero attached hydrogens (tertiary/aromatic N) is 3. The van der Waals surface area contributed by atoms with Crippen LogP contribution < -0.4 is 10.2 Å². The van der Waals surface area contributed by atoms with Gasteiger partial charge in [-0.1, -0.05) is 20.3 Å². The lowest BCUT2D eigenvalue weighted by molar-refractivity contribution is 0.568. The first-order valence-electron chi connectivity index (χ1n) is 6.60. The lowest BCUT2D eigenvalue weighted by Gasteiger charge is -2.15. The summed E-state index contributed by atoms with van der Waals surface area (Å²) in [4.78, 5) is 11.2. The molecule has 0 bridgehead atoms. The molecule has 2 rings (SSSR count). The molecule has 1 fully saturated rings. The number of rotatable bonds is 5. The lowest BCUT2D eigenvalue weighted by Crippen LogP contribution is -2.22. The molecule has 0 radical (unpaired) electrons. The highest BCUT2D eigenvalue weighted by Crippen LogP contribution is 2.22. The van der Waals surface area contributed by atoms with Gasteiger partial charge in [0.2, 0.25) is 5.95 Å². The van der Waals surface area contributed by atoms with Crippen molar-refractivity contribution in [2.75, 3.05) is 24.5 Å². The second-order valence-corrected chi connectivity index (χ2v) is 4.68. The van der Waals surface area contributed by atoms with E-state index in [4.69, 9.17) is 0 Å². The van der Waals surface area contributed by atoms with Gasteiger partial charge in [0.15, 0.2) is 0 Å².